The van der Waals surface area contributed by atoms with E-state index >= 15 is 0 Å². The summed E-state index contributed by atoms with van der Waals surface area (Å²) >= 11 is 2.22. The number of benzene rings is 2. The van der Waals surface area contributed by atoms with Crippen molar-refractivity contribution in [2.45, 2.75) is 13.0 Å². The molecule has 0 aliphatic carbocycles. The number of aryl methyl sites for hydroxylation is 1. The molecule has 2 N–H and O–H groups in total. The first-order chi connectivity index (χ1) is 9.00. The van der Waals surface area contributed by atoms with E-state index in [1.54, 1.807) is 12.1 Å². The Morgan fingerprint density at radius 2 is 1.89 bits per heavy atom. The first-order valence-electron chi connectivity index (χ1n) is 5.75. The molecule has 0 aliphatic rings. The zero-order valence-corrected chi connectivity index (χ0v) is 12.5. The number of non-ortho nitro benzene ring substituents is 1. The van der Waals surface area contributed by atoms with Gasteiger partial charge < -0.3 is 5.73 Å². The van der Waals surface area contributed by atoms with Gasteiger partial charge in [0.15, 0.2) is 0 Å². The fraction of sp³-hybridized carbons (Fsp3) is 0.143. The van der Waals surface area contributed by atoms with Crippen molar-refractivity contribution in [3.05, 3.63) is 72.8 Å². The smallest absolute Gasteiger partial charge is 0.269 e. The summed E-state index contributed by atoms with van der Waals surface area (Å²) in [4.78, 5) is 10.5. The van der Waals surface area contributed by atoms with E-state index in [9.17, 15) is 10.1 Å². The second kappa shape index (κ2) is 5.66. The maximum Gasteiger partial charge on any atom is 0.269 e. The van der Waals surface area contributed by atoms with Crippen molar-refractivity contribution in [1.82, 2.24) is 0 Å². The summed E-state index contributed by atoms with van der Waals surface area (Å²) in [6.45, 7) is 1.91. The quantitative estimate of drug-likeness (QED) is 0.512. The van der Waals surface area contributed by atoms with Crippen molar-refractivity contribution in [2.75, 3.05) is 0 Å². The third-order valence-electron chi connectivity index (χ3n) is 3.05. The summed E-state index contributed by atoms with van der Waals surface area (Å²) in [5.74, 6) is 0. The van der Waals surface area contributed by atoms with Gasteiger partial charge >= 0.3 is 0 Å². The van der Waals surface area contributed by atoms with Crippen molar-refractivity contribution >= 4 is 28.3 Å². The van der Waals surface area contributed by atoms with Gasteiger partial charge in [0.05, 0.1) is 11.0 Å². The molecule has 0 radical (unpaired) electrons. The highest BCUT2D eigenvalue weighted by Gasteiger charge is 2.17. The standard InChI is InChI=1S/C14H13IN2O2/c1-9-6-7-10(17(18)19)8-12(9)14(16)11-4-2-3-5-13(11)15/h2-8,14H,16H2,1H3. The molecule has 0 saturated heterocycles. The predicted octanol–water partition coefficient (Wildman–Crippen LogP) is 3.56. The molecule has 0 heterocycles. The topological polar surface area (TPSA) is 69.2 Å². The van der Waals surface area contributed by atoms with Crippen LogP contribution in [0.1, 0.15) is 22.7 Å². The van der Waals surface area contributed by atoms with Gasteiger partial charge in [0.2, 0.25) is 0 Å². The number of nitro groups is 1. The van der Waals surface area contributed by atoms with Crippen LogP contribution in [0.25, 0.3) is 0 Å². The molecule has 2 aromatic rings. The minimum Gasteiger partial charge on any atom is -0.320 e. The Morgan fingerprint density at radius 3 is 2.53 bits per heavy atom. The van der Waals surface area contributed by atoms with Gasteiger partial charge in [-0.2, -0.15) is 0 Å². The third kappa shape index (κ3) is 2.93. The SMILES string of the molecule is Cc1ccc([N+](=O)[O-])cc1C(N)c1ccccc1I. The molecule has 0 spiro atoms. The lowest BCUT2D eigenvalue weighted by atomic mass is 9.95. The predicted molar refractivity (Wildman–Crippen MR) is 83.0 cm³/mol. The zero-order chi connectivity index (χ0) is 14.0. The number of nitrogens with two attached hydrogens (primary N) is 1. The van der Waals surface area contributed by atoms with Crippen LogP contribution in [0.5, 0.6) is 0 Å². The largest absolute Gasteiger partial charge is 0.320 e. The van der Waals surface area contributed by atoms with Crippen LogP contribution in [0.15, 0.2) is 42.5 Å². The number of nitrogens with zero attached hydrogens (tertiary/aromatic N) is 1. The Hall–Kier alpha value is -1.47. The van der Waals surface area contributed by atoms with E-state index in [4.69, 9.17) is 5.73 Å². The summed E-state index contributed by atoms with van der Waals surface area (Å²) in [5.41, 5.74) is 9.06. The Kier molecular flexibility index (Phi) is 4.16. The molecular formula is C14H13IN2O2. The highest BCUT2D eigenvalue weighted by molar-refractivity contribution is 14.1. The van der Waals surface area contributed by atoms with Crippen LogP contribution >= 0.6 is 22.6 Å². The van der Waals surface area contributed by atoms with Gasteiger partial charge in [-0.3, -0.25) is 10.1 Å². The fourth-order valence-corrected chi connectivity index (χ4v) is 2.69. The van der Waals surface area contributed by atoms with Crippen LogP contribution in [0.4, 0.5) is 5.69 Å². The third-order valence-corrected chi connectivity index (χ3v) is 4.03. The Bertz CT molecular complexity index is 629. The summed E-state index contributed by atoms with van der Waals surface area (Å²) < 4.78 is 1.05. The second-order valence-electron chi connectivity index (χ2n) is 4.30. The van der Waals surface area contributed by atoms with Gasteiger partial charge in [-0.25, -0.2) is 0 Å². The molecule has 0 bridgehead atoms. The van der Waals surface area contributed by atoms with Crippen molar-refractivity contribution in [2.24, 2.45) is 5.73 Å². The van der Waals surface area contributed by atoms with Gasteiger partial charge in [-0.15, -0.1) is 0 Å². The Morgan fingerprint density at radius 1 is 1.21 bits per heavy atom. The molecular weight excluding hydrogens is 355 g/mol. The monoisotopic (exact) mass is 368 g/mol. The molecule has 0 aromatic heterocycles. The minimum atomic E-state index is -0.397. The maximum absolute atomic E-state index is 10.9. The molecule has 19 heavy (non-hydrogen) atoms. The van der Waals surface area contributed by atoms with Crippen LogP contribution in [0.2, 0.25) is 0 Å². The van der Waals surface area contributed by atoms with Crippen LogP contribution in [0.3, 0.4) is 0 Å². The average molecular weight is 368 g/mol. The van der Waals surface area contributed by atoms with E-state index in [0.717, 1.165) is 20.3 Å². The molecule has 1 unspecified atom stereocenters. The molecule has 0 saturated carbocycles. The van der Waals surface area contributed by atoms with Crippen LogP contribution in [0, 0.1) is 20.6 Å². The lowest BCUT2D eigenvalue weighted by molar-refractivity contribution is -0.384. The molecule has 4 nitrogen and oxygen atoms in total. The summed E-state index contributed by atoms with van der Waals surface area (Å²) in [6.07, 6.45) is 0. The number of halogens is 1. The molecule has 2 rings (SSSR count). The molecule has 2 aromatic carbocycles. The minimum absolute atomic E-state index is 0.0713. The van der Waals surface area contributed by atoms with E-state index in [0.29, 0.717) is 0 Å². The molecule has 1 atom stereocenters. The van der Waals surface area contributed by atoms with Crippen molar-refractivity contribution < 1.29 is 4.92 Å². The second-order valence-corrected chi connectivity index (χ2v) is 5.46. The van der Waals surface area contributed by atoms with Crippen molar-refractivity contribution in [3.8, 4) is 0 Å². The number of rotatable bonds is 3. The van der Waals surface area contributed by atoms with E-state index in [1.807, 2.05) is 31.2 Å². The van der Waals surface area contributed by atoms with Gasteiger partial charge in [-0.05, 0) is 52.3 Å². The van der Waals surface area contributed by atoms with Crippen molar-refractivity contribution in [1.29, 1.82) is 0 Å². The fourth-order valence-electron chi connectivity index (χ4n) is 1.97. The highest BCUT2D eigenvalue weighted by Crippen LogP contribution is 2.28. The summed E-state index contributed by atoms with van der Waals surface area (Å²) in [5, 5.41) is 10.9. The lowest BCUT2D eigenvalue weighted by Gasteiger charge is -2.16. The van der Waals surface area contributed by atoms with Gasteiger partial charge in [-0.1, -0.05) is 24.3 Å². The molecule has 0 fully saturated rings. The van der Waals surface area contributed by atoms with Gasteiger partial charge in [0, 0.05) is 15.7 Å². The molecule has 5 heteroatoms. The van der Waals surface area contributed by atoms with E-state index in [-0.39, 0.29) is 11.7 Å². The van der Waals surface area contributed by atoms with E-state index < -0.39 is 4.92 Å². The van der Waals surface area contributed by atoms with Crippen LogP contribution < -0.4 is 5.73 Å². The average Bonchev–Trinajstić information content (AvgIpc) is 2.38. The zero-order valence-electron chi connectivity index (χ0n) is 10.3. The number of hydrogen-bond donors (Lipinski definition) is 1. The lowest BCUT2D eigenvalue weighted by Crippen LogP contribution is -2.14. The normalized spacial score (nSPS) is 12.2. The first-order valence-corrected chi connectivity index (χ1v) is 6.83. The highest BCUT2D eigenvalue weighted by atomic mass is 127. The van der Waals surface area contributed by atoms with Gasteiger partial charge in [0.25, 0.3) is 5.69 Å². The molecule has 0 amide bonds. The van der Waals surface area contributed by atoms with Crippen molar-refractivity contribution in [3.63, 3.8) is 0 Å². The van der Waals surface area contributed by atoms with Crippen LogP contribution in [-0.2, 0) is 0 Å². The Balaban J connectivity index is 2.49. The molecule has 98 valence electrons. The van der Waals surface area contributed by atoms with E-state index in [1.165, 1.54) is 6.07 Å². The summed E-state index contributed by atoms with van der Waals surface area (Å²) in [6, 6.07) is 12.2. The molecule has 0 aliphatic heterocycles. The van der Waals surface area contributed by atoms with Crippen LogP contribution in [-0.4, -0.2) is 4.92 Å². The van der Waals surface area contributed by atoms with Gasteiger partial charge in [0.1, 0.15) is 0 Å². The number of nitro benzene ring substituents is 1. The first kappa shape index (κ1) is 14.0. The number of hydrogen-bond acceptors (Lipinski definition) is 3. The van der Waals surface area contributed by atoms with E-state index in [2.05, 4.69) is 22.6 Å². The Labute approximate surface area is 124 Å². The summed E-state index contributed by atoms with van der Waals surface area (Å²) in [7, 11) is 0. The maximum atomic E-state index is 10.9.